The van der Waals surface area contributed by atoms with Gasteiger partial charge < -0.3 is 4.42 Å². The summed E-state index contributed by atoms with van der Waals surface area (Å²) in [5, 5.41) is 4.56. The first kappa shape index (κ1) is 20.7. The van der Waals surface area contributed by atoms with Gasteiger partial charge in [-0.15, -0.1) is 0 Å². The van der Waals surface area contributed by atoms with Crippen LogP contribution in [0.15, 0.2) is 186 Å². The molecule has 0 saturated carbocycles. The van der Waals surface area contributed by atoms with Crippen molar-refractivity contribution in [2.45, 2.75) is 0 Å². The molecule has 1 aromatic heterocycles. The van der Waals surface area contributed by atoms with E-state index in [9.17, 15) is 5.48 Å². The first-order valence-corrected chi connectivity index (χ1v) is 16.2. The van der Waals surface area contributed by atoms with Gasteiger partial charge in [-0.1, -0.05) is 151 Å². The van der Waals surface area contributed by atoms with Crippen LogP contribution in [0.1, 0.15) is 11.0 Å². The normalized spacial score (nSPS) is 14.0. The SMILES string of the molecule is [2H]c1c([2H])c([2H])c2c(-c3ccc4oc5cc(-c6ccc7ccccc7c6)c(-c6ccccc6)cc5c4c3)c3c([2H])c([2H])c([2H])c([2H])c3c(-c3ccccc3)c2c1[2H]. The molecule has 0 saturated heterocycles. The molecule has 0 N–H and O–H groups in total. The topological polar surface area (TPSA) is 13.1 Å². The predicted octanol–water partition coefficient (Wildman–Crippen LogP) is 13.7. The third-order valence-electron chi connectivity index (χ3n) is 9.48. The van der Waals surface area contributed by atoms with Crippen molar-refractivity contribution in [1.29, 1.82) is 0 Å². The van der Waals surface area contributed by atoms with Crippen LogP contribution in [0.25, 0.3) is 98.8 Å². The van der Waals surface area contributed by atoms with E-state index in [1.165, 1.54) is 0 Å². The highest BCUT2D eigenvalue weighted by Gasteiger charge is 2.19. The van der Waals surface area contributed by atoms with Crippen molar-refractivity contribution >= 4 is 54.3 Å². The van der Waals surface area contributed by atoms with Crippen LogP contribution >= 0.6 is 0 Å². The Bertz CT molecular complexity index is 3240. The molecule has 0 radical (unpaired) electrons. The van der Waals surface area contributed by atoms with Gasteiger partial charge in [-0.05, 0) is 107 Å². The lowest BCUT2D eigenvalue weighted by Gasteiger charge is -2.17. The summed E-state index contributed by atoms with van der Waals surface area (Å²) in [5.41, 5.74) is 7.03. The third-order valence-corrected chi connectivity index (χ3v) is 9.48. The minimum Gasteiger partial charge on any atom is -0.456 e. The fraction of sp³-hybridized carbons (Fsp3) is 0. The molecule has 0 aliphatic heterocycles. The average Bonchev–Trinajstić information content (AvgIpc) is 3.61. The maximum Gasteiger partial charge on any atom is 0.136 e. The van der Waals surface area contributed by atoms with E-state index in [0.29, 0.717) is 33.4 Å². The Morgan fingerprint density at radius 1 is 0.347 bits per heavy atom. The van der Waals surface area contributed by atoms with Gasteiger partial charge in [0.15, 0.2) is 0 Å². The highest BCUT2D eigenvalue weighted by atomic mass is 16.3. The van der Waals surface area contributed by atoms with Crippen molar-refractivity contribution in [3.05, 3.63) is 182 Å². The molecule has 9 aromatic carbocycles. The van der Waals surface area contributed by atoms with E-state index in [1.807, 2.05) is 48.5 Å². The van der Waals surface area contributed by atoms with Gasteiger partial charge in [-0.25, -0.2) is 0 Å². The maximum absolute atomic E-state index is 9.31. The summed E-state index contributed by atoms with van der Waals surface area (Å²) in [4.78, 5) is 0. The first-order valence-electron chi connectivity index (χ1n) is 20.2. The summed E-state index contributed by atoms with van der Waals surface area (Å²) in [6.07, 6.45) is 0. The van der Waals surface area contributed by atoms with Gasteiger partial charge in [-0.3, -0.25) is 0 Å². The third kappa shape index (κ3) is 4.47. The summed E-state index contributed by atoms with van der Waals surface area (Å²) in [6.45, 7) is 0. The largest absolute Gasteiger partial charge is 0.456 e. The lowest BCUT2D eigenvalue weighted by atomic mass is 9.85. The van der Waals surface area contributed by atoms with Crippen molar-refractivity contribution in [1.82, 2.24) is 0 Å². The molecule has 0 aliphatic rings. The lowest BCUT2D eigenvalue weighted by molar-refractivity contribution is 0.669. The summed E-state index contributed by atoms with van der Waals surface area (Å²) >= 11 is 0. The molecule has 0 spiro atoms. The molecular weight excluding hydrogens is 593 g/mol. The second kappa shape index (κ2) is 11.1. The van der Waals surface area contributed by atoms with Crippen LogP contribution in [0.4, 0.5) is 0 Å². The van der Waals surface area contributed by atoms with Crippen molar-refractivity contribution < 1.29 is 15.4 Å². The van der Waals surface area contributed by atoms with Crippen molar-refractivity contribution in [2.24, 2.45) is 0 Å². The minimum atomic E-state index is -0.434. The molecule has 0 fully saturated rings. The van der Waals surface area contributed by atoms with Crippen LogP contribution in [0.2, 0.25) is 0 Å². The van der Waals surface area contributed by atoms with Crippen LogP contribution in [0.3, 0.4) is 0 Å². The van der Waals surface area contributed by atoms with Gasteiger partial charge >= 0.3 is 0 Å². The number of hydrogen-bond acceptors (Lipinski definition) is 1. The molecule has 228 valence electrons. The summed E-state index contributed by atoms with van der Waals surface area (Å²) < 4.78 is 78.6. The molecule has 0 atom stereocenters. The summed E-state index contributed by atoms with van der Waals surface area (Å²) in [5.74, 6) is 0. The molecule has 1 heteroatoms. The Hall–Kier alpha value is -6.44. The standard InChI is InChI=1S/C48H30O/c1-3-14-32(15-4-1)41-29-44-43-28-36(25-26-45(43)49-46(44)30-42(41)35-24-23-31-13-7-8-18-34(31)27-35)48-39-21-11-9-19-37(39)47(33-16-5-2-6-17-33)38-20-10-12-22-40(38)48/h1-30H/i9D,10D,11D,12D,19D,20D,21D,22D. The Morgan fingerprint density at radius 2 is 0.878 bits per heavy atom. The first-order chi connectivity index (χ1) is 27.6. The molecule has 0 amide bonds. The van der Waals surface area contributed by atoms with Crippen LogP contribution in [0, 0.1) is 0 Å². The molecule has 0 unspecified atom stereocenters. The van der Waals surface area contributed by atoms with Gasteiger partial charge in [0.05, 0.1) is 11.0 Å². The van der Waals surface area contributed by atoms with Gasteiger partial charge in [-0.2, -0.15) is 0 Å². The number of rotatable bonds is 4. The second-order valence-electron chi connectivity index (χ2n) is 12.3. The van der Waals surface area contributed by atoms with Crippen molar-refractivity contribution in [3.63, 3.8) is 0 Å². The fourth-order valence-electron chi connectivity index (χ4n) is 7.24. The van der Waals surface area contributed by atoms with Crippen molar-refractivity contribution in [2.75, 3.05) is 0 Å². The highest BCUT2D eigenvalue weighted by Crippen LogP contribution is 2.46. The Labute approximate surface area is 295 Å². The highest BCUT2D eigenvalue weighted by molar-refractivity contribution is 6.22. The van der Waals surface area contributed by atoms with E-state index in [-0.39, 0.29) is 45.7 Å². The average molecular weight is 631 g/mol. The van der Waals surface area contributed by atoms with Crippen molar-refractivity contribution in [3.8, 4) is 44.5 Å². The van der Waals surface area contributed by atoms with E-state index >= 15 is 0 Å². The molecule has 1 nitrogen and oxygen atoms in total. The number of furan rings is 1. The molecule has 1 heterocycles. The molecular formula is C48H30O. The summed E-state index contributed by atoms with van der Waals surface area (Å²) in [7, 11) is 0. The molecule has 0 bridgehead atoms. The lowest BCUT2D eigenvalue weighted by Crippen LogP contribution is -1.90. The van der Waals surface area contributed by atoms with Crippen LogP contribution in [-0.2, 0) is 0 Å². The van der Waals surface area contributed by atoms with Gasteiger partial charge in [0.1, 0.15) is 11.2 Å². The van der Waals surface area contributed by atoms with E-state index < -0.39 is 24.2 Å². The Kier molecular flexibility index (Phi) is 4.69. The van der Waals surface area contributed by atoms with E-state index in [1.54, 1.807) is 30.3 Å². The van der Waals surface area contributed by atoms with Gasteiger partial charge in [0.2, 0.25) is 0 Å². The smallest absolute Gasteiger partial charge is 0.136 e. The second-order valence-corrected chi connectivity index (χ2v) is 12.3. The maximum atomic E-state index is 9.31. The van der Waals surface area contributed by atoms with E-state index in [2.05, 4.69) is 54.6 Å². The quantitative estimate of drug-likeness (QED) is 0.176. The minimum absolute atomic E-state index is 0.174. The molecule has 10 aromatic rings. The molecule has 0 aliphatic carbocycles. The van der Waals surface area contributed by atoms with Crippen LogP contribution in [0.5, 0.6) is 0 Å². The predicted molar refractivity (Wildman–Crippen MR) is 208 cm³/mol. The Morgan fingerprint density at radius 3 is 1.55 bits per heavy atom. The van der Waals surface area contributed by atoms with Crippen LogP contribution < -0.4 is 0 Å². The Balaban J connectivity index is 1.33. The van der Waals surface area contributed by atoms with Crippen LogP contribution in [-0.4, -0.2) is 0 Å². The van der Waals surface area contributed by atoms with E-state index in [0.717, 1.165) is 43.8 Å². The van der Waals surface area contributed by atoms with Gasteiger partial charge in [0, 0.05) is 10.8 Å². The number of benzene rings is 9. The number of fused-ring (bicyclic) bond motifs is 6. The van der Waals surface area contributed by atoms with Gasteiger partial charge in [0.25, 0.3) is 0 Å². The van der Waals surface area contributed by atoms with E-state index in [4.69, 9.17) is 9.90 Å². The zero-order valence-corrected chi connectivity index (χ0v) is 26.1. The molecule has 10 rings (SSSR count). The zero-order chi connectivity index (χ0) is 39.3. The zero-order valence-electron chi connectivity index (χ0n) is 34.1. The summed E-state index contributed by atoms with van der Waals surface area (Å²) in [6, 6.07) is 40.6. The molecule has 49 heavy (non-hydrogen) atoms. The number of hydrogen-bond donors (Lipinski definition) is 0. The monoisotopic (exact) mass is 630 g/mol. The fourth-order valence-corrected chi connectivity index (χ4v) is 7.24.